The van der Waals surface area contributed by atoms with Gasteiger partial charge in [-0.05, 0) is 13.3 Å². The number of nitrogens with zero attached hydrogens (tertiary/aromatic N) is 2. The Balaban J connectivity index is 2.40. The van der Waals surface area contributed by atoms with Crippen LogP contribution in [0, 0.1) is 0 Å². The lowest BCUT2D eigenvalue weighted by Gasteiger charge is -2.22. The predicted octanol–water partition coefficient (Wildman–Crippen LogP) is 0.819. The van der Waals surface area contributed by atoms with Crippen LogP contribution in [0.4, 0.5) is 0 Å². The predicted molar refractivity (Wildman–Crippen MR) is 57.8 cm³/mol. The minimum atomic E-state index is -0.853. The lowest BCUT2D eigenvalue weighted by atomic mass is 10.0. The van der Waals surface area contributed by atoms with Gasteiger partial charge in [-0.3, -0.25) is 4.79 Å². The van der Waals surface area contributed by atoms with Gasteiger partial charge in [0.05, 0.1) is 23.5 Å². The molecule has 6 heteroatoms. The fraction of sp³-hybridized carbons (Fsp3) is 0.667. The normalized spacial score (nSPS) is 14.6. The van der Waals surface area contributed by atoms with Gasteiger partial charge in [0, 0.05) is 6.54 Å². The van der Waals surface area contributed by atoms with E-state index in [9.17, 15) is 9.90 Å². The molecule has 1 aromatic heterocycles. The summed E-state index contributed by atoms with van der Waals surface area (Å²) in [6.45, 7) is 3.92. The third-order valence-corrected chi connectivity index (χ3v) is 2.49. The Labute approximate surface area is 92.9 Å². The van der Waals surface area contributed by atoms with Gasteiger partial charge in [-0.2, -0.15) is 8.75 Å². The van der Waals surface area contributed by atoms with Crippen LogP contribution in [0.2, 0.25) is 0 Å². The molecule has 0 spiro atoms. The molecule has 1 unspecified atom stereocenters. The number of nitrogens with one attached hydrogen (secondary N) is 1. The van der Waals surface area contributed by atoms with Crippen LogP contribution in [-0.2, 0) is 0 Å². The Morgan fingerprint density at radius 2 is 2.47 bits per heavy atom. The van der Waals surface area contributed by atoms with Crippen LogP contribution in [0.25, 0.3) is 0 Å². The fourth-order valence-electron chi connectivity index (χ4n) is 1.25. The molecular formula is C9H15N3O2S. The zero-order chi connectivity index (χ0) is 11.3. The van der Waals surface area contributed by atoms with Crippen molar-refractivity contribution < 1.29 is 9.90 Å². The van der Waals surface area contributed by atoms with Crippen molar-refractivity contribution >= 4 is 17.6 Å². The number of aliphatic hydroxyl groups is 1. The third kappa shape index (κ3) is 3.93. The highest BCUT2D eigenvalue weighted by molar-refractivity contribution is 6.99. The summed E-state index contributed by atoms with van der Waals surface area (Å²) >= 11 is 0.988. The molecular weight excluding hydrogens is 214 g/mol. The Morgan fingerprint density at radius 3 is 3.00 bits per heavy atom. The molecule has 1 atom stereocenters. The third-order valence-electron chi connectivity index (χ3n) is 2.01. The minimum Gasteiger partial charge on any atom is -0.388 e. The van der Waals surface area contributed by atoms with E-state index in [1.807, 2.05) is 6.92 Å². The van der Waals surface area contributed by atoms with E-state index in [1.54, 1.807) is 6.92 Å². The number of aromatic nitrogens is 2. The molecule has 0 aliphatic rings. The van der Waals surface area contributed by atoms with Crippen molar-refractivity contribution in [3.05, 3.63) is 11.9 Å². The number of rotatable bonds is 5. The van der Waals surface area contributed by atoms with Gasteiger partial charge in [0.2, 0.25) is 0 Å². The molecule has 0 saturated heterocycles. The summed E-state index contributed by atoms with van der Waals surface area (Å²) in [5.41, 5.74) is -0.555. The fourth-order valence-corrected chi connectivity index (χ4v) is 1.67. The molecule has 0 radical (unpaired) electrons. The topological polar surface area (TPSA) is 75.1 Å². The summed E-state index contributed by atoms with van der Waals surface area (Å²) < 4.78 is 7.53. The Kier molecular flexibility index (Phi) is 4.16. The van der Waals surface area contributed by atoms with Crippen LogP contribution in [0.5, 0.6) is 0 Å². The van der Waals surface area contributed by atoms with E-state index in [-0.39, 0.29) is 12.5 Å². The van der Waals surface area contributed by atoms with Gasteiger partial charge in [-0.15, -0.1) is 0 Å². The number of hydrogen-bond donors (Lipinski definition) is 2. The molecule has 0 saturated carbocycles. The van der Waals surface area contributed by atoms with Crippen LogP contribution in [-0.4, -0.2) is 31.9 Å². The highest BCUT2D eigenvalue weighted by atomic mass is 32.1. The monoisotopic (exact) mass is 229 g/mol. The number of hydrogen-bond acceptors (Lipinski definition) is 5. The average Bonchev–Trinajstić information content (AvgIpc) is 2.67. The van der Waals surface area contributed by atoms with Gasteiger partial charge in [0.25, 0.3) is 5.91 Å². The lowest BCUT2D eigenvalue weighted by molar-refractivity contribution is 0.0468. The first-order valence-electron chi connectivity index (χ1n) is 4.83. The summed E-state index contributed by atoms with van der Waals surface area (Å²) in [7, 11) is 0. The number of carbonyl (C=O) groups excluding carboxylic acids is 1. The molecule has 1 aromatic rings. The molecule has 5 nitrogen and oxygen atoms in total. The molecule has 1 heterocycles. The molecule has 0 aliphatic carbocycles. The second-order valence-corrected chi connectivity index (χ2v) is 4.28. The smallest absolute Gasteiger partial charge is 0.272 e. The van der Waals surface area contributed by atoms with E-state index in [0.29, 0.717) is 12.1 Å². The van der Waals surface area contributed by atoms with Gasteiger partial charge in [-0.25, -0.2) is 0 Å². The van der Waals surface area contributed by atoms with E-state index in [0.717, 1.165) is 18.1 Å². The molecule has 0 bridgehead atoms. The standard InChI is InChI=1S/C9H15N3O2S/c1-3-4-9(2,14)6-10-8(13)7-5-11-15-12-7/h5,14H,3-4,6H2,1-2H3,(H,10,13). The van der Waals surface area contributed by atoms with Crippen LogP contribution in [0.1, 0.15) is 37.2 Å². The molecule has 0 aliphatic heterocycles. The van der Waals surface area contributed by atoms with Crippen molar-refractivity contribution in [1.82, 2.24) is 14.1 Å². The molecule has 0 aromatic carbocycles. The second-order valence-electron chi connectivity index (χ2n) is 3.72. The molecule has 15 heavy (non-hydrogen) atoms. The first-order valence-corrected chi connectivity index (χ1v) is 5.56. The highest BCUT2D eigenvalue weighted by Crippen LogP contribution is 2.10. The molecule has 2 N–H and O–H groups in total. The molecule has 1 amide bonds. The maximum atomic E-state index is 11.4. The van der Waals surface area contributed by atoms with Crippen molar-refractivity contribution in [2.75, 3.05) is 6.54 Å². The Morgan fingerprint density at radius 1 is 1.73 bits per heavy atom. The van der Waals surface area contributed by atoms with Crippen molar-refractivity contribution in [3.8, 4) is 0 Å². The SMILES string of the molecule is CCCC(C)(O)CNC(=O)c1cnsn1. The zero-order valence-electron chi connectivity index (χ0n) is 8.86. The lowest BCUT2D eigenvalue weighted by Crippen LogP contribution is -2.40. The van der Waals surface area contributed by atoms with Crippen molar-refractivity contribution in [3.63, 3.8) is 0 Å². The van der Waals surface area contributed by atoms with Crippen LogP contribution in [0.3, 0.4) is 0 Å². The van der Waals surface area contributed by atoms with Crippen LogP contribution >= 0.6 is 11.7 Å². The molecule has 84 valence electrons. The van der Waals surface area contributed by atoms with E-state index in [2.05, 4.69) is 14.1 Å². The summed E-state index contributed by atoms with van der Waals surface area (Å²) in [6.07, 6.45) is 2.94. The van der Waals surface area contributed by atoms with Crippen molar-refractivity contribution in [1.29, 1.82) is 0 Å². The first kappa shape index (κ1) is 12.1. The zero-order valence-corrected chi connectivity index (χ0v) is 9.67. The quantitative estimate of drug-likeness (QED) is 0.783. The average molecular weight is 229 g/mol. The largest absolute Gasteiger partial charge is 0.388 e. The minimum absolute atomic E-state index is 0.233. The van der Waals surface area contributed by atoms with E-state index in [4.69, 9.17) is 0 Å². The van der Waals surface area contributed by atoms with E-state index in [1.165, 1.54) is 6.20 Å². The van der Waals surface area contributed by atoms with Crippen LogP contribution in [0.15, 0.2) is 6.20 Å². The van der Waals surface area contributed by atoms with Gasteiger partial charge in [-0.1, -0.05) is 13.3 Å². The highest BCUT2D eigenvalue weighted by Gasteiger charge is 2.20. The molecule has 1 rings (SSSR count). The van der Waals surface area contributed by atoms with Crippen LogP contribution < -0.4 is 5.32 Å². The van der Waals surface area contributed by atoms with E-state index >= 15 is 0 Å². The summed E-state index contributed by atoms with van der Waals surface area (Å²) in [5.74, 6) is -0.292. The van der Waals surface area contributed by atoms with Crippen molar-refractivity contribution in [2.45, 2.75) is 32.3 Å². The summed E-state index contributed by atoms with van der Waals surface area (Å²) in [5, 5.41) is 12.4. The van der Waals surface area contributed by atoms with Gasteiger partial charge < -0.3 is 10.4 Å². The Hall–Kier alpha value is -1.01. The summed E-state index contributed by atoms with van der Waals surface area (Å²) in [4.78, 5) is 11.4. The Bertz CT molecular complexity index is 311. The molecule has 0 fully saturated rings. The first-order chi connectivity index (χ1) is 7.05. The number of amides is 1. The number of carbonyl (C=O) groups is 1. The maximum absolute atomic E-state index is 11.4. The second kappa shape index (κ2) is 5.18. The van der Waals surface area contributed by atoms with Crippen molar-refractivity contribution in [2.24, 2.45) is 0 Å². The van der Waals surface area contributed by atoms with Gasteiger partial charge in [0.15, 0.2) is 5.69 Å². The maximum Gasteiger partial charge on any atom is 0.272 e. The van der Waals surface area contributed by atoms with Gasteiger partial charge >= 0.3 is 0 Å². The summed E-state index contributed by atoms with van der Waals surface area (Å²) in [6, 6.07) is 0. The van der Waals surface area contributed by atoms with E-state index < -0.39 is 5.60 Å². The van der Waals surface area contributed by atoms with Gasteiger partial charge in [0.1, 0.15) is 0 Å².